The van der Waals surface area contributed by atoms with Crippen LogP contribution >= 0.6 is 0 Å². The largest absolute Gasteiger partial charge is 0.490 e. The number of carboxylic acids is 1. The van der Waals surface area contributed by atoms with E-state index in [1.807, 2.05) is 11.8 Å². The molecule has 0 aliphatic carbocycles. The quantitative estimate of drug-likeness (QED) is 0.673. The van der Waals surface area contributed by atoms with Crippen LogP contribution in [-0.2, 0) is 9.53 Å². The molecule has 1 amide bonds. The minimum absolute atomic E-state index is 0.0660. The zero-order valence-electron chi connectivity index (χ0n) is 16.3. The average Bonchev–Trinajstić information content (AvgIpc) is 3.04. The molecule has 7 heteroatoms. The molecule has 1 aromatic rings. The van der Waals surface area contributed by atoms with Crippen molar-refractivity contribution in [3.63, 3.8) is 0 Å². The lowest BCUT2D eigenvalue weighted by molar-refractivity contribution is -0.139. The SMILES string of the molecule is CCCC1(COC)CCCN1C(=O)c1ccc(OCC(=O)O)c(OCC)c1. The molecule has 0 spiro atoms. The summed E-state index contributed by atoms with van der Waals surface area (Å²) >= 11 is 0. The van der Waals surface area contributed by atoms with Crippen molar-refractivity contribution >= 4 is 11.9 Å². The Balaban J connectivity index is 2.28. The number of aliphatic carboxylic acids is 1. The molecule has 2 rings (SSSR count). The first-order valence-corrected chi connectivity index (χ1v) is 9.39. The van der Waals surface area contributed by atoms with Gasteiger partial charge < -0.3 is 24.2 Å². The van der Waals surface area contributed by atoms with Crippen LogP contribution in [-0.4, -0.2) is 60.9 Å². The lowest BCUT2D eigenvalue weighted by Crippen LogP contribution is -2.50. The van der Waals surface area contributed by atoms with Crippen LogP contribution in [0.15, 0.2) is 18.2 Å². The minimum atomic E-state index is -1.07. The molecular formula is C20H29NO6. The summed E-state index contributed by atoms with van der Waals surface area (Å²) in [7, 11) is 1.67. The van der Waals surface area contributed by atoms with Gasteiger partial charge >= 0.3 is 5.97 Å². The van der Waals surface area contributed by atoms with Gasteiger partial charge in [-0.2, -0.15) is 0 Å². The first-order valence-electron chi connectivity index (χ1n) is 9.39. The number of methoxy groups -OCH3 is 1. The molecule has 1 aliphatic rings. The van der Waals surface area contributed by atoms with Gasteiger partial charge in [0, 0.05) is 19.2 Å². The fourth-order valence-corrected chi connectivity index (χ4v) is 3.80. The predicted octanol–water partition coefficient (Wildman–Crippen LogP) is 2.97. The molecule has 7 nitrogen and oxygen atoms in total. The molecule has 1 fully saturated rings. The highest BCUT2D eigenvalue weighted by Gasteiger charge is 2.43. The second kappa shape index (κ2) is 9.60. The molecule has 0 radical (unpaired) electrons. The Labute approximate surface area is 160 Å². The Morgan fingerprint density at radius 2 is 2.00 bits per heavy atom. The third-order valence-electron chi connectivity index (χ3n) is 4.81. The van der Waals surface area contributed by atoms with E-state index in [1.165, 1.54) is 0 Å². The van der Waals surface area contributed by atoms with E-state index in [1.54, 1.807) is 25.3 Å². The number of carbonyl (C=O) groups is 2. The molecule has 1 N–H and O–H groups in total. The van der Waals surface area contributed by atoms with Crippen molar-refractivity contribution in [1.82, 2.24) is 4.90 Å². The highest BCUT2D eigenvalue weighted by atomic mass is 16.5. The summed E-state index contributed by atoms with van der Waals surface area (Å²) in [6.45, 7) is 5.07. The number of amides is 1. The van der Waals surface area contributed by atoms with E-state index >= 15 is 0 Å². The molecule has 150 valence electrons. The summed E-state index contributed by atoms with van der Waals surface area (Å²) in [5, 5.41) is 8.80. The summed E-state index contributed by atoms with van der Waals surface area (Å²) in [4.78, 5) is 25.9. The Kier molecular flexibility index (Phi) is 7.47. The predicted molar refractivity (Wildman–Crippen MR) is 101 cm³/mol. The first-order chi connectivity index (χ1) is 13.0. The van der Waals surface area contributed by atoms with E-state index < -0.39 is 12.6 Å². The van der Waals surface area contributed by atoms with Gasteiger partial charge in [0.15, 0.2) is 18.1 Å². The van der Waals surface area contributed by atoms with E-state index in [0.717, 1.165) is 25.7 Å². The highest BCUT2D eigenvalue weighted by Crippen LogP contribution is 2.36. The lowest BCUT2D eigenvalue weighted by Gasteiger charge is -2.38. The third kappa shape index (κ3) is 4.91. The number of rotatable bonds is 10. The van der Waals surface area contributed by atoms with Crippen LogP contribution in [0.25, 0.3) is 0 Å². The van der Waals surface area contributed by atoms with Gasteiger partial charge in [0.25, 0.3) is 5.91 Å². The molecule has 1 saturated heterocycles. The minimum Gasteiger partial charge on any atom is -0.490 e. The third-order valence-corrected chi connectivity index (χ3v) is 4.81. The summed E-state index contributed by atoms with van der Waals surface area (Å²) in [5.41, 5.74) is 0.227. The van der Waals surface area contributed by atoms with Gasteiger partial charge in [0.05, 0.1) is 18.8 Å². The van der Waals surface area contributed by atoms with Crippen LogP contribution < -0.4 is 9.47 Å². The number of nitrogens with zero attached hydrogens (tertiary/aromatic N) is 1. The number of ether oxygens (including phenoxy) is 3. The maximum absolute atomic E-state index is 13.2. The van der Waals surface area contributed by atoms with Crippen LogP contribution in [0.5, 0.6) is 11.5 Å². The van der Waals surface area contributed by atoms with Crippen LogP contribution in [0.1, 0.15) is 49.9 Å². The van der Waals surface area contributed by atoms with Crippen molar-refractivity contribution in [2.45, 2.75) is 45.1 Å². The molecule has 1 heterocycles. The van der Waals surface area contributed by atoms with Gasteiger partial charge in [0.1, 0.15) is 0 Å². The monoisotopic (exact) mass is 379 g/mol. The zero-order chi connectivity index (χ0) is 19.9. The highest BCUT2D eigenvalue weighted by molar-refractivity contribution is 5.95. The summed E-state index contributed by atoms with van der Waals surface area (Å²) in [6, 6.07) is 4.88. The molecule has 0 saturated carbocycles. The van der Waals surface area contributed by atoms with E-state index in [-0.39, 0.29) is 11.4 Å². The van der Waals surface area contributed by atoms with Gasteiger partial charge in [-0.1, -0.05) is 13.3 Å². The van der Waals surface area contributed by atoms with Crippen molar-refractivity contribution in [2.24, 2.45) is 0 Å². The number of hydrogen-bond donors (Lipinski definition) is 1. The molecule has 1 aliphatic heterocycles. The summed E-state index contributed by atoms with van der Waals surface area (Å²) in [5.74, 6) is -0.451. The van der Waals surface area contributed by atoms with E-state index in [9.17, 15) is 9.59 Å². The summed E-state index contributed by atoms with van der Waals surface area (Å²) < 4.78 is 16.3. The zero-order valence-corrected chi connectivity index (χ0v) is 16.3. The number of carboxylic acid groups (broad SMARTS) is 1. The van der Waals surface area contributed by atoms with Crippen LogP contribution in [0, 0.1) is 0 Å². The topological polar surface area (TPSA) is 85.3 Å². The lowest BCUT2D eigenvalue weighted by atomic mass is 9.91. The molecule has 1 aromatic carbocycles. The maximum Gasteiger partial charge on any atom is 0.341 e. The Morgan fingerprint density at radius 3 is 2.63 bits per heavy atom. The van der Waals surface area contributed by atoms with Crippen molar-refractivity contribution < 1.29 is 28.9 Å². The Hall–Kier alpha value is -2.28. The fourth-order valence-electron chi connectivity index (χ4n) is 3.80. The molecule has 0 bridgehead atoms. The maximum atomic E-state index is 13.2. The van der Waals surface area contributed by atoms with Crippen molar-refractivity contribution in [1.29, 1.82) is 0 Å². The Bertz CT molecular complexity index is 654. The van der Waals surface area contributed by atoms with Crippen LogP contribution in [0.3, 0.4) is 0 Å². The Morgan fingerprint density at radius 1 is 1.22 bits per heavy atom. The van der Waals surface area contributed by atoms with Crippen molar-refractivity contribution in [3.05, 3.63) is 23.8 Å². The van der Waals surface area contributed by atoms with Crippen LogP contribution in [0.2, 0.25) is 0 Å². The molecule has 0 aromatic heterocycles. The van der Waals surface area contributed by atoms with E-state index in [4.69, 9.17) is 19.3 Å². The van der Waals surface area contributed by atoms with Gasteiger partial charge in [0.2, 0.25) is 0 Å². The second-order valence-corrected chi connectivity index (χ2v) is 6.74. The smallest absolute Gasteiger partial charge is 0.341 e. The molecule has 27 heavy (non-hydrogen) atoms. The van der Waals surface area contributed by atoms with E-state index in [2.05, 4.69) is 6.92 Å². The number of carbonyl (C=O) groups excluding carboxylic acids is 1. The second-order valence-electron chi connectivity index (χ2n) is 6.74. The average molecular weight is 379 g/mol. The van der Waals surface area contributed by atoms with Gasteiger partial charge in [-0.3, -0.25) is 4.79 Å². The molecule has 1 unspecified atom stereocenters. The summed E-state index contributed by atoms with van der Waals surface area (Å²) in [6.07, 6.45) is 3.75. The fraction of sp³-hybridized carbons (Fsp3) is 0.600. The van der Waals surface area contributed by atoms with Crippen LogP contribution in [0.4, 0.5) is 0 Å². The first kappa shape index (κ1) is 21.0. The normalized spacial score (nSPS) is 19.1. The number of likely N-dealkylation sites (tertiary alicyclic amines) is 1. The number of hydrogen-bond acceptors (Lipinski definition) is 5. The van der Waals surface area contributed by atoms with E-state index in [0.29, 0.717) is 36.8 Å². The number of benzene rings is 1. The van der Waals surface area contributed by atoms with Gasteiger partial charge in [-0.15, -0.1) is 0 Å². The van der Waals surface area contributed by atoms with Gasteiger partial charge in [-0.05, 0) is 44.4 Å². The molecular weight excluding hydrogens is 350 g/mol. The van der Waals surface area contributed by atoms with Gasteiger partial charge in [-0.25, -0.2) is 4.79 Å². The standard InChI is InChI=1S/C20H29NO6/c1-4-9-20(14-25-3)10-6-11-21(20)19(24)15-7-8-16(27-13-18(22)23)17(12-15)26-5-2/h7-8,12H,4-6,9-11,13-14H2,1-3H3,(H,22,23). The van der Waals surface area contributed by atoms with Crippen molar-refractivity contribution in [2.75, 3.05) is 33.5 Å². The van der Waals surface area contributed by atoms with Crippen molar-refractivity contribution in [3.8, 4) is 11.5 Å². The molecule has 1 atom stereocenters.